The molecule has 0 aliphatic rings. The van der Waals surface area contributed by atoms with Crippen LogP contribution in [0, 0.1) is 12.3 Å². The minimum Gasteiger partial charge on any atom is -0.333 e. The molecule has 4 heteroatoms. The molecule has 14 heavy (non-hydrogen) atoms. The smallest absolute Gasteiger partial charge is 0.0648 e. The Bertz CT molecular complexity index is 294. The molecule has 0 radical (unpaired) electrons. The fourth-order valence-electron chi connectivity index (χ4n) is 0.842. The fourth-order valence-corrected chi connectivity index (χ4v) is 0.842. The zero-order chi connectivity index (χ0) is 10.8. The minimum absolute atomic E-state index is 0.968. The second-order valence-electron chi connectivity index (χ2n) is 2.37. The first kappa shape index (κ1) is 12.3. The molecule has 0 heterocycles. The van der Waals surface area contributed by atoms with Crippen LogP contribution < -0.4 is 11.2 Å². The van der Waals surface area contributed by atoms with E-state index in [2.05, 4.69) is 16.3 Å². The van der Waals surface area contributed by atoms with Crippen molar-refractivity contribution in [1.82, 2.24) is 0 Å². The molecule has 76 valence electrons. The molecule has 0 amide bonds. The van der Waals surface area contributed by atoms with Gasteiger partial charge in [0.15, 0.2) is 0 Å². The molecule has 1 rings (SSSR count). The average Bonchev–Trinajstić information content (AvgIpc) is 2.24. The van der Waals surface area contributed by atoms with Gasteiger partial charge in [0.05, 0.1) is 11.9 Å². The van der Waals surface area contributed by atoms with Crippen molar-refractivity contribution in [3.05, 3.63) is 29.8 Å². The molecule has 0 saturated carbocycles. The van der Waals surface area contributed by atoms with Crippen LogP contribution in [-0.2, 0) is 0 Å². The Morgan fingerprint density at radius 2 is 2.00 bits per heavy atom. The molecule has 0 fully saturated rings. The number of benzene rings is 1. The summed E-state index contributed by atoms with van der Waals surface area (Å²) in [6.07, 6.45) is 2.53. The van der Waals surface area contributed by atoms with Crippen LogP contribution >= 0.6 is 0 Å². The van der Waals surface area contributed by atoms with E-state index in [1.54, 1.807) is 0 Å². The standard InChI is InChI=1S/C9H11N3.CH5N/c1-8-4-2-3-5-9(8)12-11-7-6-10;1-2/h2-7,10,12H,1H3;2H2,1H3/b10-6?,11-7-;. The van der Waals surface area contributed by atoms with E-state index in [0.29, 0.717) is 0 Å². The zero-order valence-corrected chi connectivity index (χ0v) is 8.49. The van der Waals surface area contributed by atoms with E-state index in [1.807, 2.05) is 31.2 Å². The number of hydrogen-bond donors (Lipinski definition) is 3. The Labute approximate surface area is 84.3 Å². The Hall–Kier alpha value is -1.68. The summed E-state index contributed by atoms with van der Waals surface area (Å²) in [5, 5.41) is 10.5. The molecule has 1 aromatic rings. The number of rotatable bonds is 3. The number of nitrogens with two attached hydrogens (primary N) is 1. The number of nitrogens with one attached hydrogen (secondary N) is 2. The third-order valence-corrected chi connectivity index (χ3v) is 1.48. The second kappa shape index (κ2) is 7.94. The first-order chi connectivity index (χ1) is 6.84. The van der Waals surface area contributed by atoms with E-state index in [4.69, 9.17) is 5.41 Å². The summed E-state index contributed by atoms with van der Waals surface area (Å²) >= 11 is 0. The van der Waals surface area contributed by atoms with Gasteiger partial charge in [0.2, 0.25) is 0 Å². The van der Waals surface area contributed by atoms with Crippen molar-refractivity contribution in [3.8, 4) is 0 Å². The molecule has 4 nitrogen and oxygen atoms in total. The summed E-state index contributed by atoms with van der Waals surface area (Å²) in [6.45, 7) is 2.00. The molecular formula is C10H16N4. The molecule has 1 aromatic carbocycles. The molecule has 0 aromatic heterocycles. The molecule has 0 atom stereocenters. The van der Waals surface area contributed by atoms with Gasteiger partial charge in [-0.2, -0.15) is 5.10 Å². The molecule has 0 spiro atoms. The quantitative estimate of drug-likeness (QED) is 0.503. The van der Waals surface area contributed by atoms with Gasteiger partial charge in [-0.3, -0.25) is 5.43 Å². The average molecular weight is 192 g/mol. The first-order valence-electron chi connectivity index (χ1n) is 4.26. The lowest BCUT2D eigenvalue weighted by Crippen LogP contribution is -1.91. The highest BCUT2D eigenvalue weighted by atomic mass is 15.3. The van der Waals surface area contributed by atoms with Gasteiger partial charge in [0.1, 0.15) is 0 Å². The Morgan fingerprint density at radius 1 is 1.36 bits per heavy atom. The molecular weight excluding hydrogens is 176 g/mol. The van der Waals surface area contributed by atoms with E-state index in [1.165, 1.54) is 13.3 Å². The lowest BCUT2D eigenvalue weighted by Gasteiger charge is -2.02. The highest BCUT2D eigenvalue weighted by Gasteiger charge is 1.91. The van der Waals surface area contributed by atoms with Gasteiger partial charge in [-0.1, -0.05) is 18.2 Å². The van der Waals surface area contributed by atoms with Crippen molar-refractivity contribution < 1.29 is 0 Å². The summed E-state index contributed by atoms with van der Waals surface area (Å²) in [5.41, 5.74) is 9.44. The molecule has 0 unspecified atom stereocenters. The fraction of sp³-hybridized carbons (Fsp3) is 0.200. The molecule has 0 bridgehead atoms. The van der Waals surface area contributed by atoms with E-state index in [-0.39, 0.29) is 0 Å². The SMILES string of the molecule is CN.Cc1ccccc1N/N=C\C=N. The Morgan fingerprint density at radius 3 is 2.57 bits per heavy atom. The number of hydrogen-bond acceptors (Lipinski definition) is 4. The van der Waals surface area contributed by atoms with Crippen LogP contribution in [0.2, 0.25) is 0 Å². The predicted molar refractivity (Wildman–Crippen MR) is 62.2 cm³/mol. The lowest BCUT2D eigenvalue weighted by atomic mass is 10.2. The van der Waals surface area contributed by atoms with Crippen molar-refractivity contribution in [2.45, 2.75) is 6.92 Å². The Kier molecular flexibility index (Phi) is 6.99. The van der Waals surface area contributed by atoms with Crippen molar-refractivity contribution in [3.63, 3.8) is 0 Å². The largest absolute Gasteiger partial charge is 0.333 e. The number of hydrazone groups is 1. The van der Waals surface area contributed by atoms with Crippen molar-refractivity contribution >= 4 is 18.1 Å². The van der Waals surface area contributed by atoms with Crippen molar-refractivity contribution in [2.24, 2.45) is 10.8 Å². The summed E-state index contributed by atoms with van der Waals surface area (Å²) in [6, 6.07) is 7.86. The van der Waals surface area contributed by atoms with Crippen LogP contribution in [0.1, 0.15) is 5.56 Å². The maximum absolute atomic E-state index is 6.71. The van der Waals surface area contributed by atoms with Gasteiger partial charge in [-0.25, -0.2) is 0 Å². The number of anilines is 1. The van der Waals surface area contributed by atoms with E-state index in [0.717, 1.165) is 17.5 Å². The van der Waals surface area contributed by atoms with E-state index < -0.39 is 0 Å². The monoisotopic (exact) mass is 192 g/mol. The minimum atomic E-state index is 0.968. The summed E-state index contributed by atoms with van der Waals surface area (Å²) in [4.78, 5) is 0. The molecule has 0 saturated heterocycles. The maximum Gasteiger partial charge on any atom is 0.0648 e. The lowest BCUT2D eigenvalue weighted by molar-refractivity contribution is 1.31. The third kappa shape index (κ3) is 4.37. The van der Waals surface area contributed by atoms with E-state index >= 15 is 0 Å². The number of para-hydroxylation sites is 1. The first-order valence-corrected chi connectivity index (χ1v) is 4.26. The normalized spacial score (nSPS) is 9.07. The summed E-state index contributed by atoms with van der Waals surface area (Å²) in [7, 11) is 1.50. The third-order valence-electron chi connectivity index (χ3n) is 1.48. The van der Waals surface area contributed by atoms with Gasteiger partial charge < -0.3 is 11.1 Å². The van der Waals surface area contributed by atoms with Gasteiger partial charge in [-0.05, 0) is 25.6 Å². The Balaban J connectivity index is 0.000000791. The van der Waals surface area contributed by atoms with Crippen molar-refractivity contribution in [2.75, 3.05) is 12.5 Å². The van der Waals surface area contributed by atoms with Crippen LogP contribution in [0.15, 0.2) is 29.4 Å². The van der Waals surface area contributed by atoms with Crippen LogP contribution in [0.5, 0.6) is 0 Å². The van der Waals surface area contributed by atoms with Gasteiger partial charge in [0.25, 0.3) is 0 Å². The van der Waals surface area contributed by atoms with Gasteiger partial charge >= 0.3 is 0 Å². The molecule has 0 aliphatic carbocycles. The van der Waals surface area contributed by atoms with Gasteiger partial charge in [0, 0.05) is 6.21 Å². The van der Waals surface area contributed by atoms with Crippen molar-refractivity contribution in [1.29, 1.82) is 5.41 Å². The van der Waals surface area contributed by atoms with Crippen LogP contribution in [-0.4, -0.2) is 19.5 Å². The van der Waals surface area contributed by atoms with Gasteiger partial charge in [-0.15, -0.1) is 0 Å². The molecule has 0 aliphatic heterocycles. The van der Waals surface area contributed by atoms with Crippen LogP contribution in [0.4, 0.5) is 5.69 Å². The summed E-state index contributed by atoms with van der Waals surface area (Å²) < 4.78 is 0. The van der Waals surface area contributed by atoms with E-state index in [9.17, 15) is 0 Å². The zero-order valence-electron chi connectivity index (χ0n) is 8.49. The molecule has 4 N–H and O–H groups in total. The van der Waals surface area contributed by atoms with Crippen LogP contribution in [0.3, 0.4) is 0 Å². The second-order valence-corrected chi connectivity index (χ2v) is 2.37. The summed E-state index contributed by atoms with van der Waals surface area (Å²) in [5.74, 6) is 0. The highest BCUT2D eigenvalue weighted by molar-refractivity contribution is 6.14. The maximum atomic E-state index is 6.71. The van der Waals surface area contributed by atoms with Crippen LogP contribution in [0.25, 0.3) is 0 Å². The predicted octanol–water partition coefficient (Wildman–Crippen LogP) is 1.62. The topological polar surface area (TPSA) is 74.3 Å². The number of nitrogens with zero attached hydrogens (tertiary/aromatic N) is 1. The highest BCUT2D eigenvalue weighted by Crippen LogP contribution is 2.12. The number of aryl methyl sites for hydroxylation is 1.